The fourth-order valence-corrected chi connectivity index (χ4v) is 1.76. The topological polar surface area (TPSA) is 82.1 Å². The number of nitrogens with two attached hydrogens (primary N) is 1. The van der Waals surface area contributed by atoms with E-state index in [9.17, 15) is 10.0 Å². The molecule has 1 aliphatic heterocycles. The third kappa shape index (κ3) is 1.50. The zero-order valence-electron chi connectivity index (χ0n) is 7.74. The van der Waals surface area contributed by atoms with Crippen molar-refractivity contribution in [1.82, 2.24) is 4.92 Å². The van der Waals surface area contributed by atoms with Gasteiger partial charge in [0.25, 0.3) is 0 Å². The van der Waals surface area contributed by atoms with Gasteiger partial charge in [-0.3, -0.25) is 0 Å². The van der Waals surface area contributed by atoms with E-state index in [4.69, 9.17) is 5.73 Å². The Morgan fingerprint density at radius 1 is 1.40 bits per heavy atom. The van der Waals surface area contributed by atoms with Crippen molar-refractivity contribution in [3.8, 4) is 0 Å². The van der Waals surface area contributed by atoms with Crippen molar-refractivity contribution in [2.45, 2.75) is 0 Å². The Bertz CT molecular complexity index is 449. The first-order valence-electron chi connectivity index (χ1n) is 4.35. The van der Waals surface area contributed by atoms with E-state index in [1.807, 2.05) is 0 Å². The highest BCUT2D eigenvalue weighted by Crippen LogP contribution is 2.11. The summed E-state index contributed by atoms with van der Waals surface area (Å²) in [5.41, 5.74) is 6.35. The Morgan fingerprint density at radius 3 is 2.73 bits per heavy atom. The van der Waals surface area contributed by atoms with Gasteiger partial charge in [0.15, 0.2) is 0 Å². The van der Waals surface area contributed by atoms with Crippen molar-refractivity contribution in [2.75, 3.05) is 0 Å². The number of hydrogen-bond acceptors (Lipinski definition) is 4. The first-order chi connectivity index (χ1) is 7.03. The maximum Gasteiger partial charge on any atom is 0.393 e. The highest BCUT2D eigenvalue weighted by molar-refractivity contribution is 7.80. The molecule has 1 aliphatic rings. The molecule has 2 rings (SSSR count). The second-order valence-electron chi connectivity index (χ2n) is 3.29. The molecule has 0 unspecified atom stereocenters. The number of benzene rings is 1. The summed E-state index contributed by atoms with van der Waals surface area (Å²) in [6.45, 7) is -2.98. The van der Waals surface area contributed by atoms with E-state index in [0.717, 1.165) is 4.92 Å². The summed E-state index contributed by atoms with van der Waals surface area (Å²) in [6, 6.07) is 6.83. The number of hydrazone groups is 1. The van der Waals surface area contributed by atoms with Crippen molar-refractivity contribution < 1.29 is 10.0 Å². The number of nitrogens with zero attached hydrogens (tertiary/aromatic N) is 2. The standard InChI is InChI=1S/C8H9BN3O2S/c10-8(15)12-9(13,14)7-4-2-1-3-6(7)5-11-12/h1-5,13-14H,(H2,10,15)/q-1. The highest BCUT2D eigenvalue weighted by Gasteiger charge is 2.34. The maximum absolute atomic E-state index is 9.92. The Labute approximate surface area is 91.8 Å². The smallest absolute Gasteiger partial charge is 0.393 e. The fourth-order valence-electron chi connectivity index (χ4n) is 1.56. The molecule has 5 nitrogen and oxygen atoms in total. The van der Waals surface area contributed by atoms with Crippen LogP contribution in [0.2, 0.25) is 0 Å². The van der Waals surface area contributed by atoms with Crippen molar-refractivity contribution in [1.29, 1.82) is 0 Å². The quantitative estimate of drug-likeness (QED) is 0.376. The zero-order chi connectivity index (χ0) is 11.1. The van der Waals surface area contributed by atoms with Gasteiger partial charge >= 0.3 is 6.69 Å². The SMILES string of the molecule is NC(=S)N1N=Cc2ccccc2[B-]1(O)O. The van der Waals surface area contributed by atoms with E-state index in [2.05, 4.69) is 17.3 Å². The molecule has 15 heavy (non-hydrogen) atoms. The minimum absolute atomic E-state index is 0.175. The van der Waals surface area contributed by atoms with Crippen LogP contribution in [0.4, 0.5) is 0 Å². The molecule has 0 saturated heterocycles. The molecule has 1 aromatic carbocycles. The van der Waals surface area contributed by atoms with E-state index >= 15 is 0 Å². The molecular formula is C8H9BN3O2S-. The van der Waals surface area contributed by atoms with Gasteiger partial charge in [-0.25, -0.2) is 5.10 Å². The minimum Gasteiger partial charge on any atom is -0.560 e. The molecule has 78 valence electrons. The van der Waals surface area contributed by atoms with E-state index in [1.165, 1.54) is 6.21 Å². The third-order valence-electron chi connectivity index (χ3n) is 2.30. The lowest BCUT2D eigenvalue weighted by atomic mass is 9.61. The molecule has 0 saturated carbocycles. The van der Waals surface area contributed by atoms with Crippen LogP contribution < -0.4 is 11.2 Å². The van der Waals surface area contributed by atoms with E-state index < -0.39 is 6.69 Å². The number of rotatable bonds is 0. The van der Waals surface area contributed by atoms with Gasteiger partial charge in [-0.1, -0.05) is 24.3 Å². The summed E-state index contributed by atoms with van der Waals surface area (Å²) >= 11 is 4.68. The molecule has 0 atom stereocenters. The van der Waals surface area contributed by atoms with Crippen LogP contribution in [0.1, 0.15) is 5.56 Å². The largest absolute Gasteiger partial charge is 0.560 e. The molecule has 7 heteroatoms. The highest BCUT2D eigenvalue weighted by atomic mass is 32.1. The summed E-state index contributed by atoms with van der Waals surface area (Å²) in [5.74, 6) is 0. The molecule has 0 amide bonds. The van der Waals surface area contributed by atoms with Crippen LogP contribution in [0.3, 0.4) is 0 Å². The van der Waals surface area contributed by atoms with Gasteiger partial charge in [0.05, 0.1) is 0 Å². The van der Waals surface area contributed by atoms with Crippen LogP contribution >= 0.6 is 12.2 Å². The lowest BCUT2D eigenvalue weighted by molar-refractivity contribution is 0.307. The van der Waals surface area contributed by atoms with Gasteiger partial charge in [-0.05, 0) is 17.8 Å². The van der Waals surface area contributed by atoms with Crippen LogP contribution in [0.5, 0.6) is 0 Å². The second kappa shape index (κ2) is 3.30. The molecule has 0 aromatic heterocycles. The second-order valence-corrected chi connectivity index (χ2v) is 3.71. The number of thiocarbonyl (C=S) groups is 1. The van der Waals surface area contributed by atoms with Crippen molar-refractivity contribution >= 4 is 35.7 Å². The van der Waals surface area contributed by atoms with E-state index in [0.29, 0.717) is 11.0 Å². The van der Waals surface area contributed by atoms with Gasteiger partial charge in [0.1, 0.15) is 5.11 Å². The first kappa shape index (κ1) is 10.1. The van der Waals surface area contributed by atoms with Crippen molar-refractivity contribution in [3.63, 3.8) is 0 Å². The normalized spacial score (nSPS) is 17.3. The predicted molar refractivity (Wildman–Crippen MR) is 62.5 cm³/mol. The van der Waals surface area contributed by atoms with Gasteiger partial charge in [-0.2, -0.15) is 0 Å². The first-order valence-corrected chi connectivity index (χ1v) is 4.76. The predicted octanol–water partition coefficient (Wildman–Crippen LogP) is -1.29. The van der Waals surface area contributed by atoms with Crippen molar-refractivity contribution in [2.24, 2.45) is 10.8 Å². The average molecular weight is 222 g/mol. The Kier molecular flexibility index (Phi) is 2.22. The molecule has 0 bridgehead atoms. The van der Waals surface area contributed by atoms with Crippen LogP contribution in [-0.4, -0.2) is 33.0 Å². The summed E-state index contributed by atoms with van der Waals surface area (Å²) in [5, 5.41) is 23.5. The molecule has 0 fully saturated rings. The number of hydrogen-bond donors (Lipinski definition) is 3. The maximum atomic E-state index is 9.92. The number of fused-ring (bicyclic) bond motifs is 1. The lowest BCUT2D eigenvalue weighted by Crippen LogP contribution is -2.66. The van der Waals surface area contributed by atoms with Gasteiger partial charge in [0.2, 0.25) is 0 Å². The van der Waals surface area contributed by atoms with Crippen molar-refractivity contribution in [3.05, 3.63) is 29.8 Å². The van der Waals surface area contributed by atoms with E-state index in [1.54, 1.807) is 24.3 Å². The molecule has 0 spiro atoms. The van der Waals surface area contributed by atoms with E-state index in [-0.39, 0.29) is 5.11 Å². The Balaban J connectivity index is 2.57. The summed E-state index contributed by atoms with van der Waals surface area (Å²) in [4.78, 5) is 0.845. The molecule has 4 N–H and O–H groups in total. The monoisotopic (exact) mass is 222 g/mol. The summed E-state index contributed by atoms with van der Waals surface area (Å²) in [7, 11) is 0. The van der Waals surface area contributed by atoms with Gasteiger partial charge in [0, 0.05) is 6.21 Å². The van der Waals surface area contributed by atoms with Gasteiger partial charge < -0.3 is 20.7 Å². The summed E-state index contributed by atoms with van der Waals surface area (Å²) < 4.78 is 0. The minimum atomic E-state index is -2.98. The van der Waals surface area contributed by atoms with Crippen LogP contribution in [-0.2, 0) is 0 Å². The fraction of sp³-hybridized carbons (Fsp3) is 0. The van der Waals surface area contributed by atoms with Crippen LogP contribution in [0.15, 0.2) is 29.4 Å². The molecule has 0 radical (unpaired) electrons. The molecule has 1 aromatic rings. The van der Waals surface area contributed by atoms with Crippen LogP contribution in [0.25, 0.3) is 0 Å². The zero-order valence-corrected chi connectivity index (χ0v) is 8.56. The molecule has 1 heterocycles. The third-order valence-corrected chi connectivity index (χ3v) is 2.49. The van der Waals surface area contributed by atoms with Gasteiger partial charge in [-0.15, -0.1) is 5.46 Å². The molecule has 0 aliphatic carbocycles. The summed E-state index contributed by atoms with van der Waals surface area (Å²) in [6.07, 6.45) is 1.49. The lowest BCUT2D eigenvalue weighted by Gasteiger charge is -2.42. The van der Waals surface area contributed by atoms with Crippen LogP contribution in [0, 0.1) is 0 Å². The molecular weight excluding hydrogens is 213 g/mol. The average Bonchev–Trinajstić information content (AvgIpc) is 2.17. The Hall–Kier alpha value is -1.44. The Morgan fingerprint density at radius 2 is 2.07 bits per heavy atom.